The van der Waals surface area contributed by atoms with Crippen molar-refractivity contribution in [2.45, 2.75) is 6.92 Å². The van der Waals surface area contributed by atoms with Gasteiger partial charge in [-0.15, -0.1) is 0 Å². The molecule has 82 valence electrons. The van der Waals surface area contributed by atoms with Crippen LogP contribution in [0.25, 0.3) is 5.57 Å². The minimum absolute atomic E-state index is 0.138. The Balaban J connectivity index is 2.41. The molecule has 1 aliphatic heterocycles. The van der Waals surface area contributed by atoms with Gasteiger partial charge in [0, 0.05) is 5.22 Å². The number of amides is 1. The Hall–Kier alpha value is -2.22. The molecule has 2 aromatic rings. The molecule has 1 aliphatic rings. The predicted molar refractivity (Wildman–Crippen MR) is 65.9 cm³/mol. The third-order valence-electron chi connectivity index (χ3n) is 3.02. The summed E-state index contributed by atoms with van der Waals surface area (Å²) in [6, 6.07) is 15.6. The van der Waals surface area contributed by atoms with E-state index in [9.17, 15) is 4.79 Å². The summed E-state index contributed by atoms with van der Waals surface area (Å²) >= 11 is 0. The zero-order valence-electron chi connectivity index (χ0n) is 9.47. The van der Waals surface area contributed by atoms with Gasteiger partial charge in [-0.25, -0.2) is 4.99 Å². The summed E-state index contributed by atoms with van der Waals surface area (Å²) in [5.41, 5.74) is 2.80. The zero-order valence-corrected chi connectivity index (χ0v) is 9.47. The molecule has 17 heavy (non-hydrogen) atoms. The van der Waals surface area contributed by atoms with Crippen LogP contribution in [0.4, 0.5) is 0 Å². The molecule has 0 unspecified atom stereocenters. The molecule has 3 rings (SSSR count). The van der Waals surface area contributed by atoms with Gasteiger partial charge in [-0.3, -0.25) is 4.79 Å². The summed E-state index contributed by atoms with van der Waals surface area (Å²) in [7, 11) is 0. The molecule has 0 bridgehead atoms. The van der Waals surface area contributed by atoms with Crippen molar-refractivity contribution in [2.24, 2.45) is 4.99 Å². The molecule has 0 fully saturated rings. The van der Waals surface area contributed by atoms with Gasteiger partial charge in [0.15, 0.2) is 0 Å². The summed E-state index contributed by atoms with van der Waals surface area (Å²) in [5.74, 6) is -0.138. The number of carbonyl (C=O) groups is 1. The van der Waals surface area contributed by atoms with Crippen molar-refractivity contribution >= 4 is 11.5 Å². The Morgan fingerprint density at radius 1 is 0.941 bits per heavy atom. The molecule has 0 aromatic heterocycles. The second-order valence-corrected chi connectivity index (χ2v) is 4.12. The van der Waals surface area contributed by atoms with E-state index in [0.717, 1.165) is 27.3 Å². The third-order valence-corrected chi connectivity index (χ3v) is 3.02. The van der Waals surface area contributed by atoms with Gasteiger partial charge in [-0.1, -0.05) is 42.5 Å². The highest BCUT2D eigenvalue weighted by molar-refractivity contribution is 6.21. The summed E-state index contributed by atoms with van der Waals surface area (Å²) in [5, 5.41) is 1.71. The maximum atomic E-state index is 12.0. The molecule has 0 aliphatic carbocycles. The van der Waals surface area contributed by atoms with Crippen LogP contribution in [-0.2, 0) is 4.79 Å². The van der Waals surface area contributed by atoms with Crippen molar-refractivity contribution < 1.29 is 4.79 Å². The zero-order chi connectivity index (χ0) is 11.8. The van der Waals surface area contributed by atoms with Crippen molar-refractivity contribution in [2.75, 3.05) is 0 Å². The highest BCUT2D eigenvalue weighted by Gasteiger charge is 2.18. The fourth-order valence-corrected chi connectivity index (χ4v) is 2.18. The van der Waals surface area contributed by atoms with Crippen molar-refractivity contribution in [3.63, 3.8) is 0 Å². The van der Waals surface area contributed by atoms with E-state index in [-0.39, 0.29) is 5.91 Å². The monoisotopic (exact) mass is 221 g/mol. The van der Waals surface area contributed by atoms with E-state index in [0.29, 0.717) is 0 Å². The van der Waals surface area contributed by atoms with Crippen molar-refractivity contribution in [3.8, 4) is 0 Å². The lowest BCUT2D eigenvalue weighted by molar-refractivity contribution is -0.112. The molecular weight excluding hydrogens is 210 g/mol. The maximum Gasteiger partial charge on any atom is 0.278 e. The number of rotatable bonds is 1. The molecule has 0 N–H and O–H groups in total. The molecule has 2 nitrogen and oxygen atoms in total. The normalized spacial score (nSPS) is 13.5. The van der Waals surface area contributed by atoms with Crippen LogP contribution < -0.4 is 10.6 Å². The summed E-state index contributed by atoms with van der Waals surface area (Å²) < 4.78 is 0. The summed E-state index contributed by atoms with van der Waals surface area (Å²) in [6.45, 7) is 2.01. The van der Waals surface area contributed by atoms with E-state index in [4.69, 9.17) is 0 Å². The van der Waals surface area contributed by atoms with Crippen LogP contribution >= 0.6 is 0 Å². The molecular formula is C15H11NO. The number of para-hydroxylation sites is 1. The van der Waals surface area contributed by atoms with Gasteiger partial charge >= 0.3 is 0 Å². The van der Waals surface area contributed by atoms with Gasteiger partial charge in [0.05, 0.1) is 10.9 Å². The van der Waals surface area contributed by atoms with Crippen molar-refractivity contribution in [1.82, 2.24) is 0 Å². The molecule has 1 heterocycles. The number of fused-ring (bicyclic) bond motifs is 1. The Labute approximate surface area is 98.9 Å². The topological polar surface area (TPSA) is 29.4 Å². The molecule has 0 atom stereocenters. The van der Waals surface area contributed by atoms with E-state index in [1.54, 1.807) is 0 Å². The first-order valence-corrected chi connectivity index (χ1v) is 5.56. The second-order valence-electron chi connectivity index (χ2n) is 4.12. The van der Waals surface area contributed by atoms with E-state index in [2.05, 4.69) is 4.99 Å². The molecule has 0 radical (unpaired) electrons. The van der Waals surface area contributed by atoms with E-state index in [1.165, 1.54) is 0 Å². The minimum Gasteiger partial charge on any atom is -0.267 e. The molecule has 1 amide bonds. The lowest BCUT2D eigenvalue weighted by Crippen LogP contribution is -2.22. The van der Waals surface area contributed by atoms with Crippen LogP contribution in [0, 0.1) is 6.92 Å². The number of aryl methyl sites for hydroxylation is 1. The maximum absolute atomic E-state index is 12.0. The first-order chi connectivity index (χ1) is 8.27. The second kappa shape index (κ2) is 3.67. The Morgan fingerprint density at radius 3 is 2.47 bits per heavy atom. The standard InChI is InChI=1S/C15H11NO/c1-10-6-2-3-7-11(10)14-12-8-4-5-9-13(12)16-15(14)17/h2-9H,1H3. The molecule has 2 heteroatoms. The van der Waals surface area contributed by atoms with Gasteiger partial charge in [-0.05, 0) is 24.1 Å². The quantitative estimate of drug-likeness (QED) is 0.714. The van der Waals surface area contributed by atoms with Crippen LogP contribution in [0.1, 0.15) is 11.1 Å². The van der Waals surface area contributed by atoms with Gasteiger partial charge in [0.1, 0.15) is 0 Å². The average molecular weight is 221 g/mol. The third kappa shape index (κ3) is 1.49. The van der Waals surface area contributed by atoms with Crippen LogP contribution in [0.3, 0.4) is 0 Å². The fraction of sp³-hybridized carbons (Fsp3) is 0.0667. The first kappa shape index (κ1) is 9.97. The van der Waals surface area contributed by atoms with Crippen LogP contribution in [0.5, 0.6) is 0 Å². The smallest absolute Gasteiger partial charge is 0.267 e. The van der Waals surface area contributed by atoms with Gasteiger partial charge in [0.2, 0.25) is 0 Å². The predicted octanol–water partition coefficient (Wildman–Crippen LogP) is 1.35. The number of hydrogen-bond acceptors (Lipinski definition) is 1. The van der Waals surface area contributed by atoms with Crippen LogP contribution in [-0.4, -0.2) is 5.91 Å². The van der Waals surface area contributed by atoms with Crippen molar-refractivity contribution in [1.29, 1.82) is 0 Å². The minimum atomic E-state index is -0.138. The SMILES string of the molecule is Cc1ccccc1C1=c2ccccc2=NC1=O. The Morgan fingerprint density at radius 2 is 1.65 bits per heavy atom. The highest BCUT2D eigenvalue weighted by atomic mass is 16.1. The number of carbonyl (C=O) groups excluding carboxylic acids is 1. The Kier molecular flexibility index (Phi) is 2.15. The van der Waals surface area contributed by atoms with Gasteiger partial charge < -0.3 is 0 Å². The average Bonchev–Trinajstić information content (AvgIpc) is 2.66. The number of benzene rings is 2. The number of hydrogen-bond donors (Lipinski definition) is 0. The molecule has 0 saturated heterocycles. The lowest BCUT2D eigenvalue weighted by atomic mass is 9.99. The first-order valence-electron chi connectivity index (χ1n) is 5.56. The van der Waals surface area contributed by atoms with E-state index >= 15 is 0 Å². The Bertz CT molecular complexity index is 729. The van der Waals surface area contributed by atoms with Gasteiger partial charge in [-0.2, -0.15) is 0 Å². The van der Waals surface area contributed by atoms with Crippen LogP contribution in [0.2, 0.25) is 0 Å². The number of nitrogens with zero attached hydrogens (tertiary/aromatic N) is 1. The summed E-state index contributed by atoms with van der Waals surface area (Å²) in [6.07, 6.45) is 0. The fourth-order valence-electron chi connectivity index (χ4n) is 2.18. The molecule has 0 spiro atoms. The highest BCUT2D eigenvalue weighted by Crippen LogP contribution is 2.18. The van der Waals surface area contributed by atoms with Gasteiger partial charge in [0.25, 0.3) is 5.91 Å². The molecule has 0 saturated carbocycles. The molecule has 2 aromatic carbocycles. The van der Waals surface area contributed by atoms with Crippen LogP contribution in [0.15, 0.2) is 53.5 Å². The summed E-state index contributed by atoms with van der Waals surface area (Å²) in [4.78, 5) is 16.1. The van der Waals surface area contributed by atoms with Crippen molar-refractivity contribution in [3.05, 3.63) is 70.2 Å². The lowest BCUT2D eigenvalue weighted by Gasteiger charge is -2.04. The largest absolute Gasteiger partial charge is 0.278 e. The van der Waals surface area contributed by atoms with E-state index in [1.807, 2.05) is 55.5 Å². The van der Waals surface area contributed by atoms with E-state index < -0.39 is 0 Å².